The first-order valence-electron chi connectivity index (χ1n) is 7.84. The Kier molecular flexibility index (Phi) is 9.44. The van der Waals surface area contributed by atoms with Crippen LogP contribution in [0.2, 0.25) is 0 Å². The summed E-state index contributed by atoms with van der Waals surface area (Å²) in [7, 11) is 0. The van der Waals surface area contributed by atoms with Crippen LogP contribution in [-0.4, -0.2) is 10.2 Å². The predicted octanol–water partition coefficient (Wildman–Crippen LogP) is 6.10. The molecule has 0 fully saturated rings. The molecule has 2 rings (SSSR count). The zero-order valence-corrected chi connectivity index (χ0v) is 14.5. The number of aromatic hydroxyl groups is 2. The van der Waals surface area contributed by atoms with Crippen LogP contribution in [-0.2, 0) is 0 Å². The molecule has 0 aromatic heterocycles. The lowest BCUT2D eigenvalue weighted by atomic mass is 9.97. The Labute approximate surface area is 134 Å². The Bertz CT molecular complexity index is 581. The van der Waals surface area contributed by atoms with Crippen molar-refractivity contribution in [3.8, 4) is 11.5 Å². The molecule has 0 radical (unpaired) electrons. The van der Waals surface area contributed by atoms with Gasteiger partial charge < -0.3 is 10.2 Å². The van der Waals surface area contributed by atoms with Crippen LogP contribution < -0.4 is 0 Å². The summed E-state index contributed by atoms with van der Waals surface area (Å²) in [5.41, 5.74) is 4.30. The van der Waals surface area contributed by atoms with E-state index in [4.69, 9.17) is 0 Å². The van der Waals surface area contributed by atoms with Crippen molar-refractivity contribution in [1.29, 1.82) is 0 Å². The molecule has 120 valence electrons. The molecule has 2 aromatic carbocycles. The molecule has 2 nitrogen and oxygen atoms in total. The molecular weight excluding hydrogens is 272 g/mol. The predicted molar refractivity (Wildman–Crippen MR) is 97.1 cm³/mol. The molecule has 0 aliphatic heterocycles. The molecule has 2 aromatic rings. The lowest BCUT2D eigenvalue weighted by Crippen LogP contribution is -1.86. The zero-order valence-electron chi connectivity index (χ0n) is 14.5. The minimum absolute atomic E-state index is 0.265. The van der Waals surface area contributed by atoms with Crippen LogP contribution in [0.25, 0.3) is 11.1 Å². The highest BCUT2D eigenvalue weighted by Gasteiger charge is 2.04. The zero-order chi connectivity index (χ0) is 17.1. The molecule has 0 aliphatic rings. The van der Waals surface area contributed by atoms with Crippen molar-refractivity contribution in [3.05, 3.63) is 59.7 Å². The molecule has 0 spiro atoms. The van der Waals surface area contributed by atoms with E-state index in [2.05, 4.69) is 0 Å². The van der Waals surface area contributed by atoms with Gasteiger partial charge in [-0.2, -0.15) is 0 Å². The van der Waals surface area contributed by atoms with Crippen LogP contribution in [0.1, 0.15) is 52.7 Å². The monoisotopic (exact) mass is 300 g/mol. The summed E-state index contributed by atoms with van der Waals surface area (Å²) < 4.78 is 0. The fraction of sp³-hybridized carbons (Fsp3) is 0.300. The maximum absolute atomic E-state index is 9.50. The summed E-state index contributed by atoms with van der Waals surface area (Å²) >= 11 is 0. The number of rotatable bonds is 2. The summed E-state index contributed by atoms with van der Waals surface area (Å²) in [5, 5.41) is 18.8. The van der Waals surface area contributed by atoms with Gasteiger partial charge in [0.15, 0.2) is 0 Å². The van der Waals surface area contributed by atoms with Gasteiger partial charge in [0.25, 0.3) is 0 Å². The quantitative estimate of drug-likeness (QED) is 0.658. The Morgan fingerprint density at radius 3 is 1.64 bits per heavy atom. The summed E-state index contributed by atoms with van der Waals surface area (Å²) in [6.07, 6.45) is 0. The fourth-order valence-electron chi connectivity index (χ4n) is 1.88. The molecule has 0 saturated carbocycles. The highest BCUT2D eigenvalue weighted by atomic mass is 16.3. The Morgan fingerprint density at radius 2 is 1.14 bits per heavy atom. The molecule has 0 heterocycles. The third-order valence-electron chi connectivity index (χ3n) is 3.14. The minimum atomic E-state index is 0.265. The van der Waals surface area contributed by atoms with Crippen LogP contribution in [0.5, 0.6) is 11.5 Å². The minimum Gasteiger partial charge on any atom is -0.508 e. The summed E-state index contributed by atoms with van der Waals surface area (Å²) in [6.45, 7) is 12.1. The van der Waals surface area contributed by atoms with Crippen molar-refractivity contribution in [2.24, 2.45) is 0 Å². The third kappa shape index (κ3) is 5.65. The Hall–Kier alpha value is -2.22. The van der Waals surface area contributed by atoms with Gasteiger partial charge in [-0.3, -0.25) is 0 Å². The molecule has 0 atom stereocenters. The maximum Gasteiger partial charge on any atom is 0.116 e. The fourth-order valence-corrected chi connectivity index (χ4v) is 1.88. The average Bonchev–Trinajstić information content (AvgIpc) is 2.58. The lowest BCUT2D eigenvalue weighted by molar-refractivity contribution is 0.474. The van der Waals surface area contributed by atoms with E-state index in [-0.39, 0.29) is 11.5 Å². The Morgan fingerprint density at radius 1 is 0.636 bits per heavy atom. The molecule has 2 heteroatoms. The van der Waals surface area contributed by atoms with E-state index in [0.717, 1.165) is 22.3 Å². The van der Waals surface area contributed by atoms with Crippen molar-refractivity contribution in [2.45, 2.75) is 41.5 Å². The second kappa shape index (κ2) is 10.5. The number of phenols is 2. The summed E-state index contributed by atoms with van der Waals surface area (Å²) in [5.74, 6) is 0.534. The van der Waals surface area contributed by atoms with Gasteiger partial charge in [0.05, 0.1) is 0 Å². The van der Waals surface area contributed by atoms with Gasteiger partial charge in [-0.1, -0.05) is 52.0 Å². The van der Waals surface area contributed by atoms with E-state index < -0.39 is 0 Å². The van der Waals surface area contributed by atoms with E-state index in [0.29, 0.717) is 0 Å². The van der Waals surface area contributed by atoms with Crippen molar-refractivity contribution < 1.29 is 10.2 Å². The number of hydrogen-bond acceptors (Lipinski definition) is 2. The molecule has 22 heavy (non-hydrogen) atoms. The highest BCUT2D eigenvalue weighted by molar-refractivity contribution is 5.89. The van der Waals surface area contributed by atoms with Crippen molar-refractivity contribution in [1.82, 2.24) is 0 Å². The largest absolute Gasteiger partial charge is 0.508 e. The molecule has 0 amide bonds. The van der Waals surface area contributed by atoms with Crippen LogP contribution in [0.15, 0.2) is 48.5 Å². The number of benzene rings is 2. The van der Waals surface area contributed by atoms with Crippen LogP contribution >= 0.6 is 0 Å². The Balaban J connectivity index is 0.00000102. The number of phenolic OH excluding ortho intramolecular Hbond substituents is 2. The number of hydrogen-bond donors (Lipinski definition) is 2. The van der Waals surface area contributed by atoms with Gasteiger partial charge in [-0.05, 0) is 60.4 Å². The standard InChI is InChI=1S/C16H16O2.2C2H6/c1-11(13-6-8-15(17)9-7-13)12(2)14-4-3-5-16(18)10-14;2*1-2/h3-10,17-18H,1-2H3;2*1-2H3/b12-11+;;. The molecular formula is C20H28O2. The second-order valence-corrected chi connectivity index (χ2v) is 4.35. The second-order valence-electron chi connectivity index (χ2n) is 4.35. The first-order valence-corrected chi connectivity index (χ1v) is 7.84. The first-order chi connectivity index (χ1) is 10.6. The molecule has 2 N–H and O–H groups in total. The summed E-state index contributed by atoms with van der Waals surface area (Å²) in [6, 6.07) is 14.3. The van der Waals surface area contributed by atoms with Gasteiger partial charge in [0.1, 0.15) is 11.5 Å². The topological polar surface area (TPSA) is 40.5 Å². The van der Waals surface area contributed by atoms with E-state index in [9.17, 15) is 10.2 Å². The highest BCUT2D eigenvalue weighted by Crippen LogP contribution is 2.28. The van der Waals surface area contributed by atoms with Gasteiger partial charge in [-0.25, -0.2) is 0 Å². The van der Waals surface area contributed by atoms with Crippen molar-refractivity contribution >= 4 is 11.1 Å². The van der Waals surface area contributed by atoms with Gasteiger partial charge in [0, 0.05) is 0 Å². The van der Waals surface area contributed by atoms with E-state index in [1.54, 1.807) is 24.3 Å². The maximum atomic E-state index is 9.50. The smallest absolute Gasteiger partial charge is 0.116 e. The van der Waals surface area contributed by atoms with Crippen LogP contribution in [0.3, 0.4) is 0 Å². The van der Waals surface area contributed by atoms with Gasteiger partial charge in [-0.15, -0.1) is 0 Å². The van der Waals surface area contributed by atoms with E-state index >= 15 is 0 Å². The molecule has 0 saturated heterocycles. The first kappa shape index (κ1) is 19.8. The van der Waals surface area contributed by atoms with Gasteiger partial charge >= 0.3 is 0 Å². The SMILES string of the molecule is C/C(=C(/C)c1cccc(O)c1)c1ccc(O)cc1.CC.CC. The van der Waals surface area contributed by atoms with Crippen molar-refractivity contribution in [2.75, 3.05) is 0 Å². The van der Waals surface area contributed by atoms with Crippen LogP contribution in [0.4, 0.5) is 0 Å². The third-order valence-corrected chi connectivity index (χ3v) is 3.14. The molecule has 0 bridgehead atoms. The van der Waals surface area contributed by atoms with Gasteiger partial charge in [0.2, 0.25) is 0 Å². The molecule has 0 aliphatic carbocycles. The van der Waals surface area contributed by atoms with E-state index in [1.807, 2.05) is 65.8 Å². The normalized spacial score (nSPS) is 10.5. The lowest BCUT2D eigenvalue weighted by Gasteiger charge is -2.09. The molecule has 0 unspecified atom stereocenters. The van der Waals surface area contributed by atoms with Crippen LogP contribution in [0, 0.1) is 0 Å². The van der Waals surface area contributed by atoms with E-state index in [1.165, 1.54) is 0 Å². The summed E-state index contributed by atoms with van der Waals surface area (Å²) in [4.78, 5) is 0. The van der Waals surface area contributed by atoms with Crippen molar-refractivity contribution in [3.63, 3.8) is 0 Å². The average molecular weight is 300 g/mol. The number of allylic oxidation sites excluding steroid dienone is 2.